The molecule has 0 amide bonds. The lowest BCUT2D eigenvalue weighted by Crippen LogP contribution is -2.47. The number of benzene rings is 1. The van der Waals surface area contributed by atoms with Crippen molar-refractivity contribution in [3.05, 3.63) is 42.0 Å². The van der Waals surface area contributed by atoms with Crippen LogP contribution in [0.1, 0.15) is 107 Å². The standard InChI is InChI=1S/C29H44O2/c1-3-4-5-6-7-8-9-10-11-12-21-19-22-20-23(30)13-14-24(22)25-17-18-29(2)26(28(21)25)15-16-27(29)31/h3,13-14,20-21,25-28,30-31H,1,4-12,15-19H2,2H3. The van der Waals surface area contributed by atoms with Gasteiger partial charge in [0.1, 0.15) is 5.75 Å². The minimum Gasteiger partial charge on any atom is -0.508 e. The van der Waals surface area contributed by atoms with Crippen LogP contribution >= 0.6 is 0 Å². The average Bonchev–Trinajstić information content (AvgIpc) is 3.06. The van der Waals surface area contributed by atoms with Crippen molar-refractivity contribution >= 4 is 0 Å². The summed E-state index contributed by atoms with van der Waals surface area (Å²) in [6, 6.07) is 6.14. The van der Waals surface area contributed by atoms with Crippen LogP contribution in [0, 0.1) is 23.2 Å². The van der Waals surface area contributed by atoms with Crippen molar-refractivity contribution in [3.63, 3.8) is 0 Å². The van der Waals surface area contributed by atoms with E-state index in [2.05, 4.69) is 19.6 Å². The van der Waals surface area contributed by atoms with Crippen LogP contribution in [-0.4, -0.2) is 16.3 Å². The number of allylic oxidation sites excluding steroid dienone is 1. The van der Waals surface area contributed by atoms with Crippen LogP contribution in [0.15, 0.2) is 30.9 Å². The van der Waals surface area contributed by atoms with Gasteiger partial charge in [0.25, 0.3) is 0 Å². The first kappa shape index (κ1) is 22.9. The highest BCUT2D eigenvalue weighted by atomic mass is 16.3. The molecule has 31 heavy (non-hydrogen) atoms. The summed E-state index contributed by atoms with van der Waals surface area (Å²) in [4.78, 5) is 0. The molecular formula is C29H44O2. The largest absolute Gasteiger partial charge is 0.508 e. The van der Waals surface area contributed by atoms with Crippen LogP contribution in [0.25, 0.3) is 0 Å². The minimum atomic E-state index is -0.110. The predicted octanol–water partition coefficient (Wildman–Crippen LogP) is 7.53. The van der Waals surface area contributed by atoms with E-state index in [4.69, 9.17) is 0 Å². The van der Waals surface area contributed by atoms with Gasteiger partial charge in [-0.05, 0) is 104 Å². The molecule has 0 radical (unpaired) electrons. The molecule has 0 spiro atoms. The summed E-state index contributed by atoms with van der Waals surface area (Å²) < 4.78 is 0. The third-order valence-corrected chi connectivity index (χ3v) is 9.32. The Bertz CT molecular complexity index is 740. The third kappa shape index (κ3) is 4.75. The fraction of sp³-hybridized carbons (Fsp3) is 0.724. The zero-order valence-electron chi connectivity index (χ0n) is 19.7. The molecule has 1 aromatic rings. The van der Waals surface area contributed by atoms with Gasteiger partial charge < -0.3 is 10.2 Å². The number of unbranched alkanes of at least 4 members (excludes halogenated alkanes) is 7. The minimum absolute atomic E-state index is 0.110. The van der Waals surface area contributed by atoms with E-state index in [1.807, 2.05) is 18.2 Å². The van der Waals surface area contributed by atoms with Gasteiger partial charge in [-0.15, -0.1) is 6.58 Å². The number of phenols is 1. The lowest BCUT2D eigenvalue weighted by atomic mass is 9.52. The van der Waals surface area contributed by atoms with E-state index in [9.17, 15) is 10.2 Å². The zero-order valence-corrected chi connectivity index (χ0v) is 19.7. The van der Waals surface area contributed by atoms with Crippen LogP contribution in [-0.2, 0) is 6.42 Å². The van der Waals surface area contributed by atoms with E-state index in [1.165, 1.54) is 75.3 Å². The van der Waals surface area contributed by atoms with Crippen molar-refractivity contribution in [2.75, 3.05) is 0 Å². The zero-order chi connectivity index (χ0) is 21.8. The highest BCUT2D eigenvalue weighted by Gasteiger charge is 2.56. The summed E-state index contributed by atoms with van der Waals surface area (Å²) in [6.45, 7) is 6.19. The van der Waals surface area contributed by atoms with Gasteiger partial charge in [0.2, 0.25) is 0 Å². The second kappa shape index (κ2) is 10.1. The van der Waals surface area contributed by atoms with E-state index >= 15 is 0 Å². The molecule has 0 heterocycles. The normalized spacial score (nSPS) is 34.1. The summed E-state index contributed by atoms with van der Waals surface area (Å²) >= 11 is 0. The van der Waals surface area contributed by atoms with Crippen LogP contribution in [0.4, 0.5) is 0 Å². The number of rotatable bonds is 10. The maximum atomic E-state index is 10.8. The van der Waals surface area contributed by atoms with Crippen molar-refractivity contribution in [2.24, 2.45) is 23.2 Å². The average molecular weight is 425 g/mol. The molecule has 0 aliphatic heterocycles. The van der Waals surface area contributed by atoms with Gasteiger partial charge in [0.15, 0.2) is 0 Å². The van der Waals surface area contributed by atoms with Crippen molar-refractivity contribution < 1.29 is 10.2 Å². The molecule has 0 bridgehead atoms. The first-order valence-electron chi connectivity index (χ1n) is 13.2. The summed E-state index contributed by atoms with van der Waals surface area (Å²) in [5.41, 5.74) is 3.02. The molecule has 2 saturated carbocycles. The van der Waals surface area contributed by atoms with Gasteiger partial charge in [0, 0.05) is 0 Å². The Balaban J connectivity index is 1.39. The number of fused-ring (bicyclic) bond motifs is 5. The summed E-state index contributed by atoms with van der Waals surface area (Å²) in [6.07, 6.45) is 19.5. The molecule has 3 aliphatic carbocycles. The van der Waals surface area contributed by atoms with E-state index in [0.29, 0.717) is 29.4 Å². The molecule has 4 rings (SSSR count). The molecule has 2 N–H and O–H groups in total. The first-order chi connectivity index (χ1) is 15.0. The Morgan fingerprint density at radius 2 is 1.77 bits per heavy atom. The van der Waals surface area contributed by atoms with Crippen molar-refractivity contribution in [3.8, 4) is 5.75 Å². The van der Waals surface area contributed by atoms with Gasteiger partial charge in [0.05, 0.1) is 6.10 Å². The summed E-state index contributed by atoms with van der Waals surface area (Å²) in [7, 11) is 0. The highest BCUT2D eigenvalue weighted by Crippen LogP contribution is 2.62. The molecule has 6 atom stereocenters. The molecule has 0 saturated heterocycles. The van der Waals surface area contributed by atoms with Crippen LogP contribution in [0.2, 0.25) is 0 Å². The molecule has 1 aromatic carbocycles. The number of aliphatic hydroxyl groups is 1. The molecule has 6 unspecified atom stereocenters. The second-order valence-electron chi connectivity index (χ2n) is 11.1. The predicted molar refractivity (Wildman–Crippen MR) is 129 cm³/mol. The fourth-order valence-corrected chi connectivity index (χ4v) is 7.61. The molecule has 172 valence electrons. The highest BCUT2D eigenvalue weighted by molar-refractivity contribution is 5.40. The smallest absolute Gasteiger partial charge is 0.115 e. The van der Waals surface area contributed by atoms with Crippen molar-refractivity contribution in [2.45, 2.75) is 109 Å². The molecule has 0 aromatic heterocycles. The van der Waals surface area contributed by atoms with E-state index in [1.54, 1.807) is 0 Å². The molecule has 3 aliphatic rings. The number of aromatic hydroxyl groups is 1. The second-order valence-corrected chi connectivity index (χ2v) is 11.1. The van der Waals surface area contributed by atoms with Crippen LogP contribution < -0.4 is 0 Å². The van der Waals surface area contributed by atoms with Crippen LogP contribution in [0.3, 0.4) is 0 Å². The maximum Gasteiger partial charge on any atom is 0.115 e. The quantitative estimate of drug-likeness (QED) is 0.301. The third-order valence-electron chi connectivity index (χ3n) is 9.32. The monoisotopic (exact) mass is 424 g/mol. The van der Waals surface area contributed by atoms with E-state index < -0.39 is 0 Å². The van der Waals surface area contributed by atoms with Crippen molar-refractivity contribution in [1.82, 2.24) is 0 Å². The molecular weight excluding hydrogens is 380 g/mol. The SMILES string of the molecule is C=CCCCCCCCCCC1Cc2cc(O)ccc2C2CCC3(C)C(O)CCC3C12. The number of hydrogen-bond donors (Lipinski definition) is 2. The summed E-state index contributed by atoms with van der Waals surface area (Å²) in [5.74, 6) is 3.14. The topological polar surface area (TPSA) is 40.5 Å². The Hall–Kier alpha value is -1.28. The first-order valence-corrected chi connectivity index (χ1v) is 13.2. The Morgan fingerprint density at radius 3 is 2.55 bits per heavy atom. The molecule has 2 fully saturated rings. The molecule has 2 heteroatoms. The lowest BCUT2D eigenvalue weighted by molar-refractivity contribution is -0.0396. The van der Waals surface area contributed by atoms with Gasteiger partial charge in [-0.3, -0.25) is 0 Å². The fourth-order valence-electron chi connectivity index (χ4n) is 7.61. The van der Waals surface area contributed by atoms with Crippen molar-refractivity contribution in [1.29, 1.82) is 0 Å². The number of aliphatic hydroxyl groups excluding tert-OH is 1. The van der Waals surface area contributed by atoms with Crippen LogP contribution in [0.5, 0.6) is 5.75 Å². The van der Waals surface area contributed by atoms with Gasteiger partial charge >= 0.3 is 0 Å². The van der Waals surface area contributed by atoms with Gasteiger partial charge in [-0.1, -0.05) is 57.6 Å². The Morgan fingerprint density at radius 1 is 1.03 bits per heavy atom. The summed E-state index contributed by atoms with van der Waals surface area (Å²) in [5, 5.41) is 20.9. The molecule has 2 nitrogen and oxygen atoms in total. The number of phenolic OH excluding ortho intramolecular Hbond substituents is 1. The number of hydrogen-bond acceptors (Lipinski definition) is 2. The van der Waals surface area contributed by atoms with Gasteiger partial charge in [-0.2, -0.15) is 0 Å². The Kier molecular flexibility index (Phi) is 7.47. The van der Waals surface area contributed by atoms with Gasteiger partial charge in [-0.25, -0.2) is 0 Å². The van der Waals surface area contributed by atoms with E-state index in [0.717, 1.165) is 25.7 Å². The maximum absolute atomic E-state index is 10.8. The van der Waals surface area contributed by atoms with E-state index in [-0.39, 0.29) is 11.5 Å². The lowest BCUT2D eigenvalue weighted by Gasteiger charge is -2.53. The Labute approximate surface area is 190 Å².